The summed E-state index contributed by atoms with van der Waals surface area (Å²) in [6.07, 6.45) is 0. The SMILES string of the molecule is C[NH2+]C.[C-]#[O+].[C-]#[O+].[Cl][Rh-][Cl]. The van der Waals surface area contributed by atoms with Crippen molar-refractivity contribution in [3.8, 4) is 0 Å². The van der Waals surface area contributed by atoms with Gasteiger partial charge in [-0.3, -0.25) is 0 Å². The molecule has 0 aliphatic heterocycles. The van der Waals surface area contributed by atoms with Crippen LogP contribution in [0.3, 0.4) is 0 Å². The molecular formula is C4H8Cl2NO2Rh. The fourth-order valence-electron chi connectivity index (χ4n) is 0. The number of quaternary nitrogens is 1. The maximum absolute atomic E-state index is 7.50. The van der Waals surface area contributed by atoms with Crippen LogP contribution in [0.1, 0.15) is 0 Å². The average molecular weight is 276 g/mol. The summed E-state index contributed by atoms with van der Waals surface area (Å²) in [5.74, 6) is 0. The average Bonchev–Trinajstić information content (AvgIpc) is 1.99. The predicted molar refractivity (Wildman–Crippen MR) is 33.3 cm³/mol. The van der Waals surface area contributed by atoms with Gasteiger partial charge in [-0.2, -0.15) is 0 Å². The van der Waals surface area contributed by atoms with Gasteiger partial charge in [0.05, 0.1) is 14.1 Å². The third kappa shape index (κ3) is 1220. The first-order valence-corrected chi connectivity index (χ1v) is 6.04. The molecule has 0 spiro atoms. The molecule has 0 unspecified atom stereocenters. The first kappa shape index (κ1) is 22.4. The minimum atomic E-state index is -0.226. The molecule has 0 aromatic rings. The van der Waals surface area contributed by atoms with E-state index in [2.05, 4.69) is 13.3 Å². The third-order valence-electron chi connectivity index (χ3n) is 0. The van der Waals surface area contributed by atoms with Gasteiger partial charge < -0.3 is 5.32 Å². The summed E-state index contributed by atoms with van der Waals surface area (Å²) >= 11 is -0.226. The fraction of sp³-hybridized carbons (Fsp3) is 0.500. The van der Waals surface area contributed by atoms with E-state index in [-0.39, 0.29) is 15.1 Å². The van der Waals surface area contributed by atoms with E-state index < -0.39 is 0 Å². The van der Waals surface area contributed by atoms with E-state index in [4.69, 9.17) is 28.7 Å². The van der Waals surface area contributed by atoms with Gasteiger partial charge >= 0.3 is 57.1 Å². The molecule has 0 bridgehead atoms. The standard InChI is InChI=1S/C2H7N.2CO.2ClH.Rh/c1-3-2;2*1-2;;;/h3H,1-2H3;;;2*1H;/q;;;;;+1/p-1. The van der Waals surface area contributed by atoms with Crippen LogP contribution in [0.2, 0.25) is 0 Å². The summed E-state index contributed by atoms with van der Waals surface area (Å²) in [6, 6.07) is 0. The Morgan fingerprint density at radius 3 is 1.10 bits per heavy atom. The van der Waals surface area contributed by atoms with Crippen molar-refractivity contribution in [2.75, 3.05) is 14.1 Å². The van der Waals surface area contributed by atoms with Gasteiger partial charge in [0.1, 0.15) is 0 Å². The second-order valence-electron chi connectivity index (χ2n) is 0.625. The van der Waals surface area contributed by atoms with Gasteiger partial charge in [0.15, 0.2) is 0 Å². The summed E-state index contributed by atoms with van der Waals surface area (Å²) in [5.41, 5.74) is 0. The first-order valence-electron chi connectivity index (χ1n) is 1.81. The van der Waals surface area contributed by atoms with Crippen LogP contribution in [0.4, 0.5) is 0 Å². The molecule has 0 aromatic carbocycles. The zero-order valence-electron chi connectivity index (χ0n) is 5.48. The number of nitrogens with two attached hydrogens (primary N) is 1. The van der Waals surface area contributed by atoms with Crippen LogP contribution in [-0.4, -0.2) is 14.1 Å². The molecular weight excluding hydrogens is 268 g/mol. The summed E-state index contributed by atoms with van der Waals surface area (Å²) in [6.45, 7) is 9.00. The van der Waals surface area contributed by atoms with Gasteiger partial charge in [-0.1, -0.05) is 0 Å². The normalized spacial score (nSPS) is 4.40. The molecule has 0 aliphatic carbocycles. The Morgan fingerprint density at radius 1 is 1.10 bits per heavy atom. The van der Waals surface area contributed by atoms with Crippen LogP contribution in [0.25, 0.3) is 0 Å². The van der Waals surface area contributed by atoms with Gasteiger partial charge in [0.25, 0.3) is 0 Å². The van der Waals surface area contributed by atoms with Crippen LogP contribution >= 0.6 is 19.4 Å². The molecule has 0 aromatic heterocycles. The summed E-state index contributed by atoms with van der Waals surface area (Å²) < 4.78 is 15.0. The van der Waals surface area contributed by atoms with Crippen molar-refractivity contribution in [2.24, 2.45) is 0 Å². The molecule has 0 radical (unpaired) electrons. The van der Waals surface area contributed by atoms with E-state index in [9.17, 15) is 0 Å². The molecule has 10 heavy (non-hydrogen) atoms. The Hall–Kier alpha value is 0.643. The second-order valence-corrected chi connectivity index (χ2v) is 3.11. The Bertz CT molecular complexity index is 51.7. The van der Waals surface area contributed by atoms with E-state index in [1.807, 2.05) is 19.4 Å². The van der Waals surface area contributed by atoms with Gasteiger partial charge in [-0.15, -0.1) is 0 Å². The summed E-state index contributed by atoms with van der Waals surface area (Å²) in [4.78, 5) is 0. The van der Waals surface area contributed by atoms with Gasteiger partial charge in [0.2, 0.25) is 0 Å². The van der Waals surface area contributed by atoms with Crippen molar-refractivity contribution in [3.63, 3.8) is 0 Å². The quantitative estimate of drug-likeness (QED) is 0.371. The minimum absolute atomic E-state index is 0.226. The third-order valence-corrected chi connectivity index (χ3v) is 0. The van der Waals surface area contributed by atoms with Crippen molar-refractivity contribution in [2.45, 2.75) is 0 Å². The molecule has 64 valence electrons. The van der Waals surface area contributed by atoms with Crippen molar-refractivity contribution in [3.05, 3.63) is 13.3 Å². The van der Waals surface area contributed by atoms with E-state index in [1.165, 1.54) is 0 Å². The Balaban J connectivity index is -0.0000000246. The van der Waals surface area contributed by atoms with Crippen molar-refractivity contribution < 1.29 is 29.8 Å². The summed E-state index contributed by atoms with van der Waals surface area (Å²) in [5, 5.41) is 2.00. The number of rotatable bonds is 0. The van der Waals surface area contributed by atoms with Crippen LogP contribution in [0.5, 0.6) is 0 Å². The number of hydrogen-bond acceptors (Lipinski definition) is 0. The molecule has 0 saturated heterocycles. The van der Waals surface area contributed by atoms with Crippen molar-refractivity contribution in [1.29, 1.82) is 0 Å². The van der Waals surface area contributed by atoms with E-state index in [1.54, 1.807) is 0 Å². The molecule has 0 heterocycles. The number of hydrogen-bond donors (Lipinski definition) is 1. The molecule has 0 fully saturated rings. The predicted octanol–water partition coefficient (Wildman–Crippen LogP) is 0.111. The van der Waals surface area contributed by atoms with Crippen LogP contribution in [0.15, 0.2) is 0 Å². The van der Waals surface area contributed by atoms with E-state index in [0.717, 1.165) is 0 Å². The summed E-state index contributed by atoms with van der Waals surface area (Å²) in [7, 11) is 13.7. The molecule has 6 heteroatoms. The Morgan fingerprint density at radius 2 is 1.10 bits per heavy atom. The molecule has 0 aliphatic rings. The molecule has 0 saturated carbocycles. The molecule has 0 amide bonds. The number of halogens is 2. The molecule has 2 N–H and O–H groups in total. The zero-order valence-corrected chi connectivity index (χ0v) is 8.63. The monoisotopic (exact) mass is 275 g/mol. The van der Waals surface area contributed by atoms with Gasteiger partial charge in [-0.05, 0) is 0 Å². The first-order chi connectivity index (χ1) is 4.83. The topological polar surface area (TPSA) is 56.4 Å². The van der Waals surface area contributed by atoms with E-state index >= 15 is 0 Å². The molecule has 3 nitrogen and oxygen atoms in total. The second kappa shape index (κ2) is 103. The molecule has 0 atom stereocenters. The van der Waals surface area contributed by atoms with Gasteiger partial charge in [0, 0.05) is 0 Å². The Labute approximate surface area is 76.6 Å². The zero-order chi connectivity index (χ0) is 9.41. The van der Waals surface area contributed by atoms with Crippen molar-refractivity contribution >= 4 is 19.4 Å². The maximum atomic E-state index is 7.50. The molecule has 0 rings (SSSR count). The van der Waals surface area contributed by atoms with Crippen LogP contribution < -0.4 is 5.32 Å². The fourth-order valence-corrected chi connectivity index (χ4v) is 0. The van der Waals surface area contributed by atoms with E-state index in [0.29, 0.717) is 0 Å². The Kier molecular flexibility index (Phi) is 231. The van der Waals surface area contributed by atoms with Crippen LogP contribution in [-0.2, 0) is 24.4 Å². The van der Waals surface area contributed by atoms with Gasteiger partial charge in [-0.25, -0.2) is 0 Å². The van der Waals surface area contributed by atoms with Crippen molar-refractivity contribution in [1.82, 2.24) is 0 Å². The van der Waals surface area contributed by atoms with Crippen LogP contribution in [0, 0.1) is 13.3 Å².